The molecule has 1 atom stereocenters. The van der Waals surface area contributed by atoms with Gasteiger partial charge in [-0.2, -0.15) is 0 Å². The van der Waals surface area contributed by atoms with Gasteiger partial charge in [-0.1, -0.05) is 42.5 Å². The zero-order valence-corrected chi connectivity index (χ0v) is 8.09. The van der Waals surface area contributed by atoms with Crippen molar-refractivity contribution >= 4 is 5.70 Å². The van der Waals surface area contributed by atoms with Crippen LogP contribution >= 0.6 is 0 Å². The first-order chi connectivity index (χ1) is 6.79. The van der Waals surface area contributed by atoms with Gasteiger partial charge >= 0.3 is 0 Å². The minimum absolute atomic E-state index is 0.0372. The van der Waals surface area contributed by atoms with Gasteiger partial charge in [0.1, 0.15) is 0 Å². The molecule has 0 saturated carbocycles. The summed E-state index contributed by atoms with van der Waals surface area (Å²) in [6, 6.07) is 9.91. The number of hydroxylamine groups is 2. The molecule has 0 spiro atoms. The van der Waals surface area contributed by atoms with Gasteiger partial charge in [-0.3, -0.25) is 5.21 Å². The van der Waals surface area contributed by atoms with Crippen LogP contribution in [0.2, 0.25) is 0 Å². The quantitative estimate of drug-likeness (QED) is 0.730. The van der Waals surface area contributed by atoms with Crippen LogP contribution in [-0.2, 0) is 0 Å². The van der Waals surface area contributed by atoms with Gasteiger partial charge in [-0.05, 0) is 13.0 Å². The first-order valence-electron chi connectivity index (χ1n) is 4.71. The molecule has 1 heterocycles. The Morgan fingerprint density at radius 3 is 2.64 bits per heavy atom. The van der Waals surface area contributed by atoms with Crippen molar-refractivity contribution in [3.8, 4) is 0 Å². The van der Waals surface area contributed by atoms with E-state index in [-0.39, 0.29) is 6.04 Å². The first-order valence-corrected chi connectivity index (χ1v) is 4.71. The molecular formula is C12H13NO. The predicted molar refractivity (Wildman–Crippen MR) is 56.6 cm³/mol. The van der Waals surface area contributed by atoms with E-state index in [0.717, 1.165) is 11.3 Å². The Labute approximate surface area is 83.7 Å². The molecule has 2 heteroatoms. The minimum atomic E-state index is 0.0372. The summed E-state index contributed by atoms with van der Waals surface area (Å²) < 4.78 is 0. The Bertz CT molecular complexity index is 367. The van der Waals surface area contributed by atoms with Crippen LogP contribution in [0.4, 0.5) is 0 Å². The molecule has 72 valence electrons. The number of rotatable bonds is 1. The molecule has 0 fully saturated rings. The van der Waals surface area contributed by atoms with E-state index in [0.29, 0.717) is 0 Å². The lowest BCUT2D eigenvalue weighted by Crippen LogP contribution is -2.28. The summed E-state index contributed by atoms with van der Waals surface area (Å²) in [6.07, 6.45) is 5.83. The SMILES string of the molecule is CC1C=CC=C(c2ccccc2)N1O. The molecule has 0 saturated heterocycles. The zero-order valence-electron chi connectivity index (χ0n) is 8.09. The summed E-state index contributed by atoms with van der Waals surface area (Å²) in [6.45, 7) is 1.95. The molecule has 0 amide bonds. The van der Waals surface area contributed by atoms with Gasteiger partial charge in [0, 0.05) is 5.56 Å². The highest BCUT2D eigenvalue weighted by Gasteiger charge is 2.15. The second-order valence-electron chi connectivity index (χ2n) is 3.39. The van der Waals surface area contributed by atoms with Gasteiger partial charge < -0.3 is 0 Å². The smallest absolute Gasteiger partial charge is 0.0718 e. The largest absolute Gasteiger partial charge is 0.288 e. The molecule has 0 aliphatic carbocycles. The number of nitrogens with zero attached hydrogens (tertiary/aromatic N) is 1. The van der Waals surface area contributed by atoms with Crippen molar-refractivity contribution in [3.63, 3.8) is 0 Å². The Kier molecular flexibility index (Phi) is 2.37. The summed E-state index contributed by atoms with van der Waals surface area (Å²) >= 11 is 0. The number of hydrogen-bond acceptors (Lipinski definition) is 2. The molecule has 0 radical (unpaired) electrons. The molecule has 1 unspecified atom stereocenters. The normalized spacial score (nSPS) is 20.9. The predicted octanol–water partition coefficient (Wildman–Crippen LogP) is 2.68. The number of allylic oxidation sites excluding steroid dienone is 2. The van der Waals surface area contributed by atoms with E-state index in [1.807, 2.05) is 55.5 Å². The molecule has 1 aliphatic rings. The van der Waals surface area contributed by atoms with E-state index in [1.165, 1.54) is 5.06 Å². The molecular weight excluding hydrogens is 174 g/mol. The third kappa shape index (κ3) is 1.56. The maximum atomic E-state index is 9.80. The van der Waals surface area contributed by atoms with Gasteiger partial charge in [0.25, 0.3) is 0 Å². The Morgan fingerprint density at radius 2 is 1.93 bits per heavy atom. The van der Waals surface area contributed by atoms with E-state index < -0.39 is 0 Å². The highest BCUT2D eigenvalue weighted by molar-refractivity contribution is 5.66. The molecule has 1 aromatic rings. The van der Waals surface area contributed by atoms with Crippen LogP contribution < -0.4 is 0 Å². The summed E-state index contributed by atoms with van der Waals surface area (Å²) in [5.41, 5.74) is 1.88. The van der Waals surface area contributed by atoms with Crippen LogP contribution in [-0.4, -0.2) is 16.3 Å². The zero-order chi connectivity index (χ0) is 9.97. The van der Waals surface area contributed by atoms with Crippen molar-refractivity contribution in [3.05, 3.63) is 54.1 Å². The lowest BCUT2D eigenvalue weighted by molar-refractivity contribution is -0.0468. The average Bonchev–Trinajstić information content (AvgIpc) is 2.23. The molecule has 2 rings (SSSR count). The minimum Gasteiger partial charge on any atom is -0.288 e. The standard InChI is InChI=1S/C12H13NO/c1-10-6-5-9-12(13(10)14)11-7-3-2-4-8-11/h2-10,14H,1H3. The van der Waals surface area contributed by atoms with Crippen molar-refractivity contribution < 1.29 is 5.21 Å². The summed E-state index contributed by atoms with van der Waals surface area (Å²) in [7, 11) is 0. The van der Waals surface area contributed by atoms with Crippen LogP contribution in [0.15, 0.2) is 48.6 Å². The Balaban J connectivity index is 2.35. The lowest BCUT2D eigenvalue weighted by Gasteiger charge is -2.27. The fraction of sp³-hybridized carbons (Fsp3) is 0.167. The summed E-state index contributed by atoms with van der Waals surface area (Å²) in [5.74, 6) is 0. The lowest BCUT2D eigenvalue weighted by atomic mass is 10.1. The van der Waals surface area contributed by atoms with Crippen molar-refractivity contribution in [2.24, 2.45) is 0 Å². The van der Waals surface area contributed by atoms with Crippen LogP contribution in [0.3, 0.4) is 0 Å². The maximum Gasteiger partial charge on any atom is 0.0718 e. The molecule has 2 nitrogen and oxygen atoms in total. The van der Waals surface area contributed by atoms with E-state index in [9.17, 15) is 5.21 Å². The fourth-order valence-electron chi connectivity index (χ4n) is 1.52. The monoisotopic (exact) mass is 187 g/mol. The second-order valence-corrected chi connectivity index (χ2v) is 3.39. The summed E-state index contributed by atoms with van der Waals surface area (Å²) in [5, 5.41) is 11.1. The summed E-state index contributed by atoms with van der Waals surface area (Å²) in [4.78, 5) is 0. The Morgan fingerprint density at radius 1 is 1.21 bits per heavy atom. The van der Waals surface area contributed by atoms with E-state index in [4.69, 9.17) is 0 Å². The topological polar surface area (TPSA) is 23.5 Å². The highest BCUT2D eigenvalue weighted by Crippen LogP contribution is 2.22. The molecule has 0 aromatic heterocycles. The van der Waals surface area contributed by atoms with Crippen molar-refractivity contribution in [2.45, 2.75) is 13.0 Å². The van der Waals surface area contributed by atoms with Crippen LogP contribution in [0.25, 0.3) is 5.70 Å². The van der Waals surface area contributed by atoms with Crippen molar-refractivity contribution in [1.82, 2.24) is 5.06 Å². The third-order valence-electron chi connectivity index (χ3n) is 2.35. The Hall–Kier alpha value is -1.54. The maximum absolute atomic E-state index is 9.80. The van der Waals surface area contributed by atoms with Gasteiger partial charge in [0.15, 0.2) is 0 Å². The van der Waals surface area contributed by atoms with Crippen LogP contribution in [0.5, 0.6) is 0 Å². The van der Waals surface area contributed by atoms with E-state index in [1.54, 1.807) is 0 Å². The van der Waals surface area contributed by atoms with E-state index >= 15 is 0 Å². The van der Waals surface area contributed by atoms with Crippen LogP contribution in [0.1, 0.15) is 12.5 Å². The molecule has 1 aromatic carbocycles. The molecule has 1 aliphatic heterocycles. The van der Waals surface area contributed by atoms with Gasteiger partial charge in [-0.25, -0.2) is 5.06 Å². The van der Waals surface area contributed by atoms with Gasteiger partial charge in [0.2, 0.25) is 0 Å². The molecule has 1 N–H and O–H groups in total. The molecule has 0 bridgehead atoms. The van der Waals surface area contributed by atoms with E-state index in [2.05, 4.69) is 0 Å². The number of benzene rings is 1. The van der Waals surface area contributed by atoms with Gasteiger partial charge in [0.05, 0.1) is 11.7 Å². The highest BCUT2D eigenvalue weighted by atomic mass is 16.5. The molecule has 14 heavy (non-hydrogen) atoms. The second kappa shape index (κ2) is 3.68. The fourth-order valence-corrected chi connectivity index (χ4v) is 1.52. The average molecular weight is 187 g/mol. The first kappa shape index (κ1) is 9.03. The third-order valence-corrected chi connectivity index (χ3v) is 2.35. The van der Waals surface area contributed by atoms with Crippen molar-refractivity contribution in [2.75, 3.05) is 0 Å². The van der Waals surface area contributed by atoms with Gasteiger partial charge in [-0.15, -0.1) is 0 Å². The van der Waals surface area contributed by atoms with Crippen molar-refractivity contribution in [1.29, 1.82) is 0 Å². The number of hydrogen-bond donors (Lipinski definition) is 1. The van der Waals surface area contributed by atoms with Crippen LogP contribution in [0, 0.1) is 0 Å².